The van der Waals surface area contributed by atoms with E-state index in [-0.39, 0.29) is 12.3 Å². The first-order valence-corrected chi connectivity index (χ1v) is 4.95. The predicted molar refractivity (Wildman–Crippen MR) is 53.1 cm³/mol. The average molecular weight is 199 g/mol. The van der Waals surface area contributed by atoms with E-state index in [2.05, 4.69) is 0 Å². The van der Waals surface area contributed by atoms with Gasteiger partial charge >= 0.3 is 0 Å². The van der Waals surface area contributed by atoms with Crippen LogP contribution in [0.15, 0.2) is 6.07 Å². The molecule has 1 aromatic rings. The van der Waals surface area contributed by atoms with Crippen molar-refractivity contribution in [2.75, 3.05) is 6.61 Å². The van der Waals surface area contributed by atoms with Crippen LogP contribution in [0.4, 0.5) is 0 Å². The summed E-state index contributed by atoms with van der Waals surface area (Å²) in [5.41, 5.74) is 5.11. The number of amides is 1. The van der Waals surface area contributed by atoms with Crippen molar-refractivity contribution in [3.05, 3.63) is 15.8 Å². The van der Waals surface area contributed by atoms with Gasteiger partial charge in [0.2, 0.25) is 5.91 Å². The van der Waals surface area contributed by atoms with Crippen molar-refractivity contribution in [2.45, 2.75) is 20.3 Å². The molecular weight excluding hydrogens is 186 g/mol. The van der Waals surface area contributed by atoms with Crippen molar-refractivity contribution in [3.63, 3.8) is 0 Å². The number of thiophene rings is 1. The maximum absolute atomic E-state index is 10.7. The van der Waals surface area contributed by atoms with Crippen LogP contribution in [0.25, 0.3) is 0 Å². The molecule has 13 heavy (non-hydrogen) atoms. The van der Waals surface area contributed by atoms with Gasteiger partial charge < -0.3 is 10.5 Å². The Hall–Kier alpha value is -1.03. The number of rotatable bonds is 4. The SMILES string of the molecule is CCOc1cc(C)sc1CC(N)=O. The fourth-order valence-electron chi connectivity index (χ4n) is 1.10. The lowest BCUT2D eigenvalue weighted by Crippen LogP contribution is -2.13. The fourth-order valence-corrected chi connectivity index (χ4v) is 2.09. The highest BCUT2D eigenvalue weighted by Crippen LogP contribution is 2.29. The van der Waals surface area contributed by atoms with Crippen LogP contribution in [0.5, 0.6) is 5.75 Å². The monoisotopic (exact) mass is 199 g/mol. The summed E-state index contributed by atoms with van der Waals surface area (Å²) in [6, 6.07) is 1.94. The van der Waals surface area contributed by atoms with Crippen LogP contribution in [0.1, 0.15) is 16.7 Å². The van der Waals surface area contributed by atoms with E-state index in [0.29, 0.717) is 6.61 Å². The highest BCUT2D eigenvalue weighted by atomic mass is 32.1. The van der Waals surface area contributed by atoms with E-state index in [4.69, 9.17) is 10.5 Å². The van der Waals surface area contributed by atoms with Crippen molar-refractivity contribution in [2.24, 2.45) is 5.73 Å². The molecule has 1 heterocycles. The molecule has 1 amide bonds. The van der Waals surface area contributed by atoms with Gasteiger partial charge in [0.25, 0.3) is 0 Å². The molecule has 4 heteroatoms. The molecule has 72 valence electrons. The first kappa shape index (κ1) is 10.1. The van der Waals surface area contributed by atoms with Crippen LogP contribution in [-0.4, -0.2) is 12.5 Å². The molecule has 0 saturated heterocycles. The van der Waals surface area contributed by atoms with E-state index in [1.54, 1.807) is 11.3 Å². The number of ether oxygens (including phenoxy) is 1. The Kier molecular flexibility index (Phi) is 3.31. The molecule has 1 rings (SSSR count). The molecule has 0 bridgehead atoms. The predicted octanol–water partition coefficient (Wildman–Crippen LogP) is 1.48. The quantitative estimate of drug-likeness (QED) is 0.798. The number of carbonyl (C=O) groups excluding carboxylic acids is 1. The van der Waals surface area contributed by atoms with E-state index in [0.717, 1.165) is 15.5 Å². The van der Waals surface area contributed by atoms with Crippen molar-refractivity contribution in [1.82, 2.24) is 0 Å². The van der Waals surface area contributed by atoms with E-state index < -0.39 is 0 Å². The minimum absolute atomic E-state index is 0.272. The molecule has 0 aliphatic heterocycles. The molecule has 0 saturated carbocycles. The number of hydrogen-bond acceptors (Lipinski definition) is 3. The molecule has 0 aliphatic carbocycles. The number of nitrogens with two attached hydrogens (primary N) is 1. The Bertz CT molecular complexity index is 307. The van der Waals surface area contributed by atoms with Crippen molar-refractivity contribution in [1.29, 1.82) is 0 Å². The maximum atomic E-state index is 10.7. The van der Waals surface area contributed by atoms with Gasteiger partial charge in [0.1, 0.15) is 5.75 Å². The third-order valence-electron chi connectivity index (χ3n) is 1.53. The van der Waals surface area contributed by atoms with Crippen LogP contribution < -0.4 is 10.5 Å². The lowest BCUT2D eigenvalue weighted by molar-refractivity contribution is -0.117. The van der Waals surface area contributed by atoms with Crippen molar-refractivity contribution < 1.29 is 9.53 Å². The summed E-state index contributed by atoms with van der Waals surface area (Å²) in [5, 5.41) is 0. The highest BCUT2D eigenvalue weighted by Gasteiger charge is 2.09. The molecule has 0 unspecified atom stereocenters. The van der Waals surface area contributed by atoms with Crippen LogP contribution >= 0.6 is 11.3 Å². The molecule has 2 N–H and O–H groups in total. The van der Waals surface area contributed by atoms with Crippen LogP contribution in [0, 0.1) is 6.92 Å². The number of carbonyl (C=O) groups is 1. The average Bonchev–Trinajstić information content (AvgIpc) is 2.31. The molecule has 3 nitrogen and oxygen atoms in total. The van der Waals surface area contributed by atoms with Gasteiger partial charge in [-0.1, -0.05) is 0 Å². The van der Waals surface area contributed by atoms with Gasteiger partial charge in [0.15, 0.2) is 0 Å². The molecule has 0 aliphatic rings. The van der Waals surface area contributed by atoms with Gasteiger partial charge in [-0.25, -0.2) is 0 Å². The second-order valence-corrected chi connectivity index (χ2v) is 4.06. The van der Waals surface area contributed by atoms with Crippen LogP contribution in [-0.2, 0) is 11.2 Å². The van der Waals surface area contributed by atoms with Gasteiger partial charge in [-0.05, 0) is 19.9 Å². The van der Waals surface area contributed by atoms with Crippen molar-refractivity contribution >= 4 is 17.2 Å². The Morgan fingerprint density at radius 2 is 2.38 bits per heavy atom. The Morgan fingerprint density at radius 3 is 2.92 bits per heavy atom. The molecule has 0 fully saturated rings. The van der Waals surface area contributed by atoms with E-state index in [1.165, 1.54) is 0 Å². The first-order chi connectivity index (χ1) is 6.13. The van der Waals surface area contributed by atoms with Gasteiger partial charge in [0, 0.05) is 4.88 Å². The summed E-state index contributed by atoms with van der Waals surface area (Å²) >= 11 is 1.56. The van der Waals surface area contributed by atoms with Gasteiger partial charge in [-0.2, -0.15) is 0 Å². The van der Waals surface area contributed by atoms with Crippen molar-refractivity contribution in [3.8, 4) is 5.75 Å². The minimum atomic E-state index is -0.317. The Morgan fingerprint density at radius 1 is 1.69 bits per heavy atom. The van der Waals surface area contributed by atoms with Gasteiger partial charge in [0.05, 0.1) is 17.9 Å². The molecule has 0 aromatic carbocycles. The fraction of sp³-hybridized carbons (Fsp3) is 0.444. The zero-order chi connectivity index (χ0) is 9.84. The summed E-state index contributed by atoms with van der Waals surface area (Å²) in [5.74, 6) is 0.478. The Balaban J connectivity index is 2.83. The standard InChI is InChI=1S/C9H13NO2S/c1-3-12-7-4-6(2)13-8(7)5-9(10)11/h4H,3,5H2,1-2H3,(H2,10,11). The minimum Gasteiger partial charge on any atom is -0.493 e. The highest BCUT2D eigenvalue weighted by molar-refractivity contribution is 7.12. The summed E-state index contributed by atoms with van der Waals surface area (Å²) in [7, 11) is 0. The normalized spacial score (nSPS) is 10.0. The van der Waals surface area contributed by atoms with E-state index in [1.807, 2.05) is 19.9 Å². The van der Waals surface area contributed by atoms with Crippen LogP contribution in [0.3, 0.4) is 0 Å². The molecule has 0 atom stereocenters. The third kappa shape index (κ3) is 2.73. The Labute approximate surface area is 81.5 Å². The smallest absolute Gasteiger partial charge is 0.222 e. The van der Waals surface area contributed by atoms with Gasteiger partial charge in [-0.3, -0.25) is 4.79 Å². The third-order valence-corrected chi connectivity index (χ3v) is 2.56. The largest absolute Gasteiger partial charge is 0.493 e. The summed E-state index contributed by atoms with van der Waals surface area (Å²) in [6.45, 7) is 4.51. The van der Waals surface area contributed by atoms with Gasteiger partial charge in [-0.15, -0.1) is 11.3 Å². The maximum Gasteiger partial charge on any atom is 0.222 e. The zero-order valence-corrected chi connectivity index (χ0v) is 8.61. The summed E-state index contributed by atoms with van der Waals surface area (Å²) in [4.78, 5) is 12.8. The topological polar surface area (TPSA) is 52.3 Å². The van der Waals surface area contributed by atoms with Crippen LogP contribution in [0.2, 0.25) is 0 Å². The summed E-state index contributed by atoms with van der Waals surface area (Å²) in [6.07, 6.45) is 0.272. The number of hydrogen-bond donors (Lipinski definition) is 1. The molecule has 0 radical (unpaired) electrons. The molecule has 0 spiro atoms. The zero-order valence-electron chi connectivity index (χ0n) is 7.79. The molecule has 1 aromatic heterocycles. The van der Waals surface area contributed by atoms with E-state index in [9.17, 15) is 4.79 Å². The first-order valence-electron chi connectivity index (χ1n) is 4.14. The number of primary amides is 1. The second kappa shape index (κ2) is 4.28. The summed E-state index contributed by atoms with van der Waals surface area (Å²) < 4.78 is 5.36. The second-order valence-electron chi connectivity index (χ2n) is 2.72. The number of aryl methyl sites for hydroxylation is 1. The molecular formula is C9H13NO2S. The lowest BCUT2D eigenvalue weighted by atomic mass is 10.3. The lowest BCUT2D eigenvalue weighted by Gasteiger charge is -2.01. The van der Waals surface area contributed by atoms with E-state index >= 15 is 0 Å².